The van der Waals surface area contributed by atoms with Crippen molar-refractivity contribution in [1.29, 1.82) is 0 Å². The second-order valence-electron chi connectivity index (χ2n) is 6.62. The molecule has 0 aromatic carbocycles. The molecule has 1 unspecified atom stereocenters. The lowest BCUT2D eigenvalue weighted by Crippen LogP contribution is -2.49. The molecule has 2 amide bonds. The molecule has 6 heteroatoms. The van der Waals surface area contributed by atoms with Crippen LogP contribution in [-0.4, -0.2) is 45.7 Å². The van der Waals surface area contributed by atoms with Crippen LogP contribution < -0.4 is 0 Å². The fraction of sp³-hybridized carbons (Fsp3) is 0.867. The van der Waals surface area contributed by atoms with Crippen molar-refractivity contribution in [2.24, 2.45) is 17.8 Å². The summed E-state index contributed by atoms with van der Waals surface area (Å²) in [5.74, 6) is -0.00579. The number of imide groups is 1. The van der Waals surface area contributed by atoms with E-state index in [-0.39, 0.29) is 45.8 Å². The minimum atomic E-state index is -0.510. The number of nitrogens with zero attached hydrogens (tertiary/aromatic N) is 1. The molecule has 0 N–H and O–H groups in total. The number of rotatable bonds is 3. The number of halogens is 1. The maximum absolute atomic E-state index is 13.0. The van der Waals surface area contributed by atoms with E-state index in [2.05, 4.69) is 36.4 Å². The molecule has 0 aromatic rings. The Morgan fingerprint density at radius 2 is 1.90 bits per heavy atom. The van der Waals surface area contributed by atoms with Gasteiger partial charge in [0.25, 0.3) is 0 Å². The molecule has 120 valence electrons. The van der Waals surface area contributed by atoms with Gasteiger partial charge in [0.05, 0.1) is 28.1 Å². The summed E-state index contributed by atoms with van der Waals surface area (Å²) >= 11 is 2.28. The van der Waals surface area contributed by atoms with Crippen molar-refractivity contribution in [1.82, 2.24) is 4.90 Å². The average Bonchev–Trinajstić information content (AvgIpc) is 2.91. The lowest BCUT2D eigenvalue weighted by molar-refractivity contribution is -0.136. The van der Waals surface area contributed by atoms with E-state index >= 15 is 0 Å². The van der Waals surface area contributed by atoms with Crippen LogP contribution in [0.3, 0.4) is 0 Å². The number of hydrogen-bond donors (Lipinski definition) is 0. The van der Waals surface area contributed by atoms with Crippen molar-refractivity contribution in [2.75, 3.05) is 6.61 Å². The number of ether oxygens (including phenoxy) is 2. The number of amides is 2. The highest BCUT2D eigenvalue weighted by atomic mass is 127. The zero-order valence-corrected chi connectivity index (χ0v) is 15.4. The molecule has 0 aromatic heterocycles. The second-order valence-corrected chi connectivity index (χ2v) is 8.05. The molecule has 2 fully saturated rings. The summed E-state index contributed by atoms with van der Waals surface area (Å²) < 4.78 is 11.1. The van der Waals surface area contributed by atoms with Crippen LogP contribution in [0.1, 0.15) is 34.6 Å². The Morgan fingerprint density at radius 3 is 2.43 bits per heavy atom. The zero-order chi connectivity index (χ0) is 15.9. The quantitative estimate of drug-likeness (QED) is 0.532. The molecule has 2 rings (SSSR count). The van der Waals surface area contributed by atoms with Gasteiger partial charge in [-0.2, -0.15) is 0 Å². The molecule has 0 spiro atoms. The molecule has 2 heterocycles. The van der Waals surface area contributed by atoms with Gasteiger partial charge in [-0.3, -0.25) is 4.79 Å². The topological polar surface area (TPSA) is 55.8 Å². The monoisotopic (exact) mass is 409 g/mol. The lowest BCUT2D eigenvalue weighted by atomic mass is 9.90. The first-order valence-corrected chi connectivity index (χ1v) is 8.79. The third kappa shape index (κ3) is 3.06. The first kappa shape index (κ1) is 17.0. The highest BCUT2D eigenvalue weighted by Gasteiger charge is 2.51. The molecule has 0 aliphatic carbocycles. The average molecular weight is 409 g/mol. The zero-order valence-electron chi connectivity index (χ0n) is 13.2. The lowest BCUT2D eigenvalue weighted by Gasteiger charge is -2.29. The van der Waals surface area contributed by atoms with Crippen LogP contribution in [0.2, 0.25) is 0 Å². The van der Waals surface area contributed by atoms with Crippen molar-refractivity contribution in [3.63, 3.8) is 0 Å². The van der Waals surface area contributed by atoms with Crippen LogP contribution in [0.15, 0.2) is 0 Å². The van der Waals surface area contributed by atoms with Crippen LogP contribution in [-0.2, 0) is 14.3 Å². The molecule has 5 nitrogen and oxygen atoms in total. The predicted octanol–water partition coefficient (Wildman–Crippen LogP) is 2.85. The molecular formula is C15H24INO4. The minimum absolute atomic E-state index is 0.0167. The van der Waals surface area contributed by atoms with Gasteiger partial charge in [0.15, 0.2) is 0 Å². The molecule has 0 radical (unpaired) electrons. The van der Waals surface area contributed by atoms with Crippen LogP contribution in [0.4, 0.5) is 4.79 Å². The van der Waals surface area contributed by atoms with Crippen molar-refractivity contribution >= 4 is 34.6 Å². The second kappa shape index (κ2) is 6.40. The number of hydrogen-bond acceptors (Lipinski definition) is 4. The Labute approximate surface area is 139 Å². The van der Waals surface area contributed by atoms with E-state index in [1.807, 2.05) is 20.8 Å². The number of carbonyl (C=O) groups is 2. The Morgan fingerprint density at radius 1 is 1.29 bits per heavy atom. The number of carbonyl (C=O) groups excluding carboxylic acids is 2. The highest BCUT2D eigenvalue weighted by molar-refractivity contribution is 14.1. The van der Waals surface area contributed by atoms with Crippen LogP contribution in [0.25, 0.3) is 0 Å². The maximum Gasteiger partial charge on any atom is 0.416 e. The third-order valence-corrected chi connectivity index (χ3v) is 6.16. The van der Waals surface area contributed by atoms with E-state index in [4.69, 9.17) is 9.47 Å². The fourth-order valence-corrected chi connectivity index (χ4v) is 3.96. The normalized spacial score (nSPS) is 36.7. The number of cyclic esters (lactones) is 1. The van der Waals surface area contributed by atoms with Crippen molar-refractivity contribution < 1.29 is 19.1 Å². The van der Waals surface area contributed by atoms with Crippen molar-refractivity contribution in [3.8, 4) is 0 Å². The first-order chi connectivity index (χ1) is 9.75. The molecule has 2 saturated heterocycles. The predicted molar refractivity (Wildman–Crippen MR) is 87.3 cm³/mol. The molecule has 21 heavy (non-hydrogen) atoms. The van der Waals surface area contributed by atoms with Gasteiger partial charge in [-0.15, -0.1) is 0 Å². The van der Waals surface area contributed by atoms with E-state index < -0.39 is 6.09 Å². The summed E-state index contributed by atoms with van der Waals surface area (Å²) in [5.41, 5.74) is 0. The maximum atomic E-state index is 13.0. The van der Waals surface area contributed by atoms with Gasteiger partial charge >= 0.3 is 6.09 Å². The van der Waals surface area contributed by atoms with Crippen molar-refractivity contribution in [3.05, 3.63) is 0 Å². The first-order valence-electron chi connectivity index (χ1n) is 7.55. The smallest absolute Gasteiger partial charge is 0.416 e. The summed E-state index contributed by atoms with van der Waals surface area (Å²) in [6.07, 6.45) is -0.636. The fourth-order valence-electron chi connectivity index (χ4n) is 3.07. The minimum Gasteiger partial charge on any atom is -0.447 e. The van der Waals surface area contributed by atoms with E-state index in [0.29, 0.717) is 6.61 Å². The van der Waals surface area contributed by atoms with E-state index in [1.165, 1.54) is 4.90 Å². The van der Waals surface area contributed by atoms with Crippen molar-refractivity contribution in [2.45, 2.75) is 56.8 Å². The molecule has 0 bridgehead atoms. The van der Waals surface area contributed by atoms with Crippen LogP contribution in [0.5, 0.6) is 0 Å². The van der Waals surface area contributed by atoms with Gasteiger partial charge in [0.1, 0.15) is 6.61 Å². The highest BCUT2D eigenvalue weighted by Crippen LogP contribution is 2.39. The molecule has 5 atom stereocenters. The summed E-state index contributed by atoms with van der Waals surface area (Å²) in [6, 6.07) is -0.169. The molecule has 0 saturated carbocycles. The SMILES string of the molecule is CC1O[C@H](C(C)C)[C@@H](C(=O)N2C(=O)OC[C@@H]2C(C)C)[C@@H]1I. The number of alkyl halides is 1. The summed E-state index contributed by atoms with van der Waals surface area (Å²) in [4.78, 5) is 26.3. The van der Waals surface area contributed by atoms with Gasteiger partial charge < -0.3 is 9.47 Å². The van der Waals surface area contributed by atoms with E-state index in [0.717, 1.165) is 0 Å². The Kier molecular flexibility index (Phi) is 5.18. The van der Waals surface area contributed by atoms with Gasteiger partial charge in [0, 0.05) is 0 Å². The van der Waals surface area contributed by atoms with Gasteiger partial charge in [-0.1, -0.05) is 50.3 Å². The van der Waals surface area contributed by atoms with Gasteiger partial charge in [0.2, 0.25) is 5.91 Å². The Balaban J connectivity index is 2.26. The Bertz CT molecular complexity index is 426. The van der Waals surface area contributed by atoms with Gasteiger partial charge in [-0.25, -0.2) is 9.69 Å². The Hall–Kier alpha value is -0.370. The van der Waals surface area contributed by atoms with Crippen LogP contribution in [0, 0.1) is 17.8 Å². The molecular weight excluding hydrogens is 385 g/mol. The largest absolute Gasteiger partial charge is 0.447 e. The summed E-state index contributed by atoms with van der Waals surface area (Å²) in [6.45, 7) is 10.4. The molecule has 2 aliphatic rings. The van der Waals surface area contributed by atoms with Crippen LogP contribution >= 0.6 is 22.6 Å². The summed E-state index contributed by atoms with van der Waals surface area (Å²) in [5, 5.41) is 0. The van der Waals surface area contributed by atoms with Gasteiger partial charge in [-0.05, 0) is 18.8 Å². The van der Waals surface area contributed by atoms with E-state index in [1.54, 1.807) is 0 Å². The summed E-state index contributed by atoms with van der Waals surface area (Å²) in [7, 11) is 0. The molecule has 2 aliphatic heterocycles. The standard InChI is InChI=1S/C15H24INO4/c1-7(2)10-6-20-15(19)17(10)14(18)11-12(16)9(5)21-13(11)8(3)4/h7-13H,6H2,1-5H3/t9?,10-,11+,12-,13-/m1/s1. The third-order valence-electron chi connectivity index (χ3n) is 4.37. The van der Waals surface area contributed by atoms with E-state index in [9.17, 15) is 9.59 Å².